The second-order valence-electron chi connectivity index (χ2n) is 20.7. The Morgan fingerprint density at radius 2 is 0.701 bits per heavy atom. The van der Waals surface area contributed by atoms with Crippen LogP contribution in [0.5, 0.6) is 0 Å². The monoisotopic (exact) mass is 944 g/mol. The molecule has 3 N–H and O–H groups in total. The van der Waals surface area contributed by atoms with Crippen LogP contribution in [0.15, 0.2) is 24.3 Å². The topological polar surface area (TPSA) is 95.9 Å². The van der Waals surface area contributed by atoms with Crippen LogP contribution in [0.4, 0.5) is 0 Å². The van der Waals surface area contributed by atoms with Gasteiger partial charge in [-0.15, -0.1) is 0 Å². The number of aliphatic hydroxyl groups excluding tert-OH is 2. The van der Waals surface area contributed by atoms with Crippen LogP contribution in [-0.4, -0.2) is 47.4 Å². The summed E-state index contributed by atoms with van der Waals surface area (Å²) >= 11 is 0. The van der Waals surface area contributed by atoms with Crippen molar-refractivity contribution >= 4 is 11.9 Å². The molecule has 0 heterocycles. The fourth-order valence-corrected chi connectivity index (χ4v) is 9.34. The van der Waals surface area contributed by atoms with E-state index in [0.717, 1.165) is 70.6 Å². The Bertz CT molecular complexity index is 1040. The lowest BCUT2D eigenvalue weighted by atomic mass is 10.0. The molecule has 2 atom stereocenters. The van der Waals surface area contributed by atoms with Gasteiger partial charge in [0.05, 0.1) is 25.4 Å². The molecule has 2 unspecified atom stereocenters. The maximum absolute atomic E-state index is 12.5. The number of carbonyl (C=O) groups excluding carboxylic acids is 2. The minimum atomic E-state index is -0.855. The Hall–Kier alpha value is -1.66. The third-order valence-corrected chi connectivity index (χ3v) is 14.0. The largest absolute Gasteiger partial charge is 0.466 e. The number of hydrogen-bond acceptors (Lipinski definition) is 5. The number of nitrogens with one attached hydrogen (secondary N) is 1. The molecule has 67 heavy (non-hydrogen) atoms. The molecule has 6 nitrogen and oxygen atoms in total. The smallest absolute Gasteiger partial charge is 0.305 e. The number of esters is 1. The zero-order chi connectivity index (χ0) is 48.6. The predicted octanol–water partition coefficient (Wildman–Crippen LogP) is 18.6. The van der Waals surface area contributed by atoms with Crippen molar-refractivity contribution < 1.29 is 24.5 Å². The van der Waals surface area contributed by atoms with Crippen molar-refractivity contribution in [3.05, 3.63) is 24.3 Å². The zero-order valence-corrected chi connectivity index (χ0v) is 45.1. The van der Waals surface area contributed by atoms with Gasteiger partial charge in [0.25, 0.3) is 0 Å². The first-order chi connectivity index (χ1) is 33.0. The maximum Gasteiger partial charge on any atom is 0.305 e. The van der Waals surface area contributed by atoms with Crippen LogP contribution in [0.3, 0.4) is 0 Å². The summed E-state index contributed by atoms with van der Waals surface area (Å²) in [7, 11) is 0. The van der Waals surface area contributed by atoms with Crippen molar-refractivity contribution in [2.45, 2.75) is 341 Å². The van der Waals surface area contributed by atoms with Crippen LogP contribution in [0.1, 0.15) is 328 Å². The fraction of sp³-hybridized carbons (Fsp3) is 0.902. The lowest BCUT2D eigenvalue weighted by molar-refractivity contribution is -0.143. The lowest BCUT2D eigenvalue weighted by Crippen LogP contribution is -2.45. The molecule has 0 rings (SSSR count). The van der Waals surface area contributed by atoms with Crippen LogP contribution in [0.2, 0.25) is 0 Å². The van der Waals surface area contributed by atoms with Crippen molar-refractivity contribution in [1.82, 2.24) is 5.32 Å². The van der Waals surface area contributed by atoms with Gasteiger partial charge in [0.2, 0.25) is 5.91 Å². The summed E-state index contributed by atoms with van der Waals surface area (Å²) in [6.07, 6.45) is 69.2. The van der Waals surface area contributed by atoms with Crippen LogP contribution in [0.25, 0.3) is 0 Å². The quantitative estimate of drug-likeness (QED) is 0.0321. The van der Waals surface area contributed by atoms with Gasteiger partial charge in [0.1, 0.15) is 0 Å². The second-order valence-corrected chi connectivity index (χ2v) is 20.7. The van der Waals surface area contributed by atoms with Crippen molar-refractivity contribution in [1.29, 1.82) is 0 Å². The first-order valence-corrected chi connectivity index (χ1v) is 30.1. The molecule has 6 heteroatoms. The molecule has 0 bridgehead atoms. The van der Waals surface area contributed by atoms with E-state index in [1.54, 1.807) is 6.08 Å². The standard InChI is InChI=1S/C61H117NO5/c1-3-5-7-9-11-13-15-17-18-19-20-21-22-23-24-25-27-30-33-37-41-45-49-53-59(64)58(57-63)62-60(65)54-50-46-42-38-34-31-28-26-29-32-36-40-44-48-52-56-67-61(66)55-51-47-43-39-35-16-14-12-10-8-6-4-2/h29,32,49,53,58-59,63-64H,3-28,30-31,33-48,50-52,54-57H2,1-2H3,(H,62,65)/b32-29-,53-49+. The number of ether oxygens (including phenoxy) is 1. The highest BCUT2D eigenvalue weighted by Gasteiger charge is 2.18. The Labute approximate surface area is 418 Å². The molecular formula is C61H117NO5. The molecule has 0 aromatic heterocycles. The average molecular weight is 945 g/mol. The normalized spacial score (nSPS) is 12.7. The number of unbranched alkanes of at least 4 members (excludes halogenated alkanes) is 43. The van der Waals surface area contributed by atoms with Gasteiger partial charge in [-0.1, -0.05) is 282 Å². The Kier molecular flexibility index (Phi) is 55.5. The number of aliphatic hydroxyl groups is 2. The van der Waals surface area contributed by atoms with Crippen LogP contribution >= 0.6 is 0 Å². The third-order valence-electron chi connectivity index (χ3n) is 14.0. The van der Waals surface area contributed by atoms with E-state index >= 15 is 0 Å². The van der Waals surface area contributed by atoms with Crippen LogP contribution < -0.4 is 5.32 Å². The summed E-state index contributed by atoms with van der Waals surface area (Å²) in [5.74, 6) is -0.0901. The summed E-state index contributed by atoms with van der Waals surface area (Å²) < 4.78 is 5.45. The molecule has 0 aromatic rings. The van der Waals surface area contributed by atoms with E-state index < -0.39 is 12.1 Å². The average Bonchev–Trinajstić information content (AvgIpc) is 3.33. The third kappa shape index (κ3) is 53.5. The summed E-state index contributed by atoms with van der Waals surface area (Å²) in [4.78, 5) is 24.5. The number of hydrogen-bond donors (Lipinski definition) is 3. The van der Waals surface area contributed by atoms with Crippen LogP contribution in [0, 0.1) is 0 Å². The highest BCUT2D eigenvalue weighted by atomic mass is 16.5. The Balaban J connectivity index is 3.50. The molecule has 0 saturated heterocycles. The second kappa shape index (κ2) is 56.9. The van der Waals surface area contributed by atoms with Gasteiger partial charge < -0.3 is 20.3 Å². The van der Waals surface area contributed by atoms with Crippen molar-refractivity contribution in [3.63, 3.8) is 0 Å². The molecule has 0 saturated carbocycles. The summed E-state index contributed by atoms with van der Waals surface area (Å²) in [5, 5.41) is 23.2. The molecule has 0 aliphatic rings. The van der Waals surface area contributed by atoms with E-state index in [-0.39, 0.29) is 18.5 Å². The van der Waals surface area contributed by atoms with Gasteiger partial charge in [-0.25, -0.2) is 0 Å². The number of rotatable bonds is 56. The summed E-state index contributed by atoms with van der Waals surface area (Å²) in [6, 6.07) is -0.640. The van der Waals surface area contributed by atoms with E-state index in [1.165, 1.54) is 231 Å². The van der Waals surface area contributed by atoms with Gasteiger partial charge >= 0.3 is 5.97 Å². The van der Waals surface area contributed by atoms with Gasteiger partial charge in [-0.2, -0.15) is 0 Å². The Morgan fingerprint density at radius 1 is 0.403 bits per heavy atom. The summed E-state index contributed by atoms with van der Waals surface area (Å²) in [6.45, 7) is 4.89. The highest BCUT2D eigenvalue weighted by Crippen LogP contribution is 2.17. The number of allylic oxidation sites excluding steroid dienone is 3. The summed E-state index contributed by atoms with van der Waals surface area (Å²) in [5.41, 5.74) is 0. The van der Waals surface area contributed by atoms with E-state index in [4.69, 9.17) is 4.74 Å². The van der Waals surface area contributed by atoms with Crippen molar-refractivity contribution in [3.8, 4) is 0 Å². The fourth-order valence-electron chi connectivity index (χ4n) is 9.34. The highest BCUT2D eigenvalue weighted by molar-refractivity contribution is 5.76. The van der Waals surface area contributed by atoms with Crippen LogP contribution in [-0.2, 0) is 14.3 Å². The van der Waals surface area contributed by atoms with Gasteiger partial charge in [0.15, 0.2) is 0 Å². The maximum atomic E-state index is 12.5. The molecule has 0 aromatic carbocycles. The van der Waals surface area contributed by atoms with Crippen molar-refractivity contribution in [2.24, 2.45) is 0 Å². The molecule has 0 aliphatic carbocycles. The minimum absolute atomic E-state index is 0.0100. The molecule has 0 spiro atoms. The van der Waals surface area contributed by atoms with Gasteiger partial charge in [0, 0.05) is 12.8 Å². The van der Waals surface area contributed by atoms with E-state index in [1.807, 2.05) is 6.08 Å². The predicted molar refractivity (Wildman–Crippen MR) is 292 cm³/mol. The minimum Gasteiger partial charge on any atom is -0.466 e. The number of carbonyl (C=O) groups is 2. The number of amides is 1. The van der Waals surface area contributed by atoms with Gasteiger partial charge in [-0.3, -0.25) is 9.59 Å². The first kappa shape index (κ1) is 65.3. The first-order valence-electron chi connectivity index (χ1n) is 30.1. The van der Waals surface area contributed by atoms with Crippen molar-refractivity contribution in [2.75, 3.05) is 13.2 Å². The molecule has 1 amide bonds. The molecule has 0 fully saturated rings. The van der Waals surface area contributed by atoms with E-state index in [0.29, 0.717) is 19.4 Å². The van der Waals surface area contributed by atoms with E-state index in [2.05, 4.69) is 31.3 Å². The molecule has 0 radical (unpaired) electrons. The zero-order valence-electron chi connectivity index (χ0n) is 45.1. The Morgan fingerprint density at radius 3 is 1.06 bits per heavy atom. The lowest BCUT2D eigenvalue weighted by Gasteiger charge is -2.20. The SMILES string of the molecule is CCCCCCCCCCCCCCCCCCCCCCC/C=C/C(O)C(CO)NC(=O)CCCCCCCCC/C=C\CCCCCCOC(=O)CCCCCCCCCCCCCC. The molecule has 396 valence electrons. The molecular weight excluding hydrogens is 827 g/mol. The van der Waals surface area contributed by atoms with E-state index in [9.17, 15) is 19.8 Å². The van der Waals surface area contributed by atoms with Gasteiger partial charge in [-0.05, 0) is 57.8 Å². The molecule has 0 aliphatic heterocycles.